The Hall–Kier alpha value is -1.84. The number of pyridine rings is 1. The summed E-state index contributed by atoms with van der Waals surface area (Å²) in [7, 11) is 0. The van der Waals surface area contributed by atoms with Gasteiger partial charge >= 0.3 is 0 Å². The molecule has 2 aromatic rings. The molecule has 0 radical (unpaired) electrons. The molecular weight excluding hydrogens is 176 g/mol. The van der Waals surface area contributed by atoms with Crippen LogP contribution in [0.1, 0.15) is 11.4 Å². The fourth-order valence-electron chi connectivity index (χ4n) is 1.41. The number of aromatic nitrogens is 3. The van der Waals surface area contributed by atoms with Gasteiger partial charge in [-0.2, -0.15) is 5.10 Å². The first-order valence-corrected chi connectivity index (χ1v) is 4.42. The van der Waals surface area contributed by atoms with E-state index in [2.05, 4.69) is 10.1 Å². The van der Waals surface area contributed by atoms with Gasteiger partial charge in [-0.25, -0.2) is 9.67 Å². The molecule has 72 valence electrons. The van der Waals surface area contributed by atoms with E-state index in [0.29, 0.717) is 5.82 Å². The Labute approximate surface area is 82.4 Å². The maximum atomic E-state index is 5.51. The van der Waals surface area contributed by atoms with Crippen molar-refractivity contribution in [2.24, 2.45) is 0 Å². The summed E-state index contributed by atoms with van der Waals surface area (Å²) in [5.41, 5.74) is 8.53. The smallest absolute Gasteiger partial charge is 0.123 e. The molecule has 0 atom stereocenters. The molecule has 0 amide bonds. The summed E-state index contributed by atoms with van der Waals surface area (Å²) >= 11 is 0. The molecule has 4 heteroatoms. The quantitative estimate of drug-likeness (QED) is 0.737. The van der Waals surface area contributed by atoms with Crippen LogP contribution >= 0.6 is 0 Å². The molecule has 0 aliphatic heterocycles. The number of nitrogens with zero attached hydrogens (tertiary/aromatic N) is 3. The minimum absolute atomic E-state index is 0.523. The Kier molecular flexibility index (Phi) is 1.96. The van der Waals surface area contributed by atoms with Gasteiger partial charge in [0.2, 0.25) is 0 Å². The van der Waals surface area contributed by atoms with Gasteiger partial charge in [0.25, 0.3) is 0 Å². The van der Waals surface area contributed by atoms with Crippen molar-refractivity contribution in [3.05, 3.63) is 35.8 Å². The van der Waals surface area contributed by atoms with Crippen molar-refractivity contribution in [3.63, 3.8) is 0 Å². The Morgan fingerprint density at radius 1 is 1.29 bits per heavy atom. The largest absolute Gasteiger partial charge is 0.384 e. The summed E-state index contributed by atoms with van der Waals surface area (Å²) in [4.78, 5) is 4.02. The second-order valence-electron chi connectivity index (χ2n) is 3.28. The first-order chi connectivity index (χ1) is 6.66. The summed E-state index contributed by atoms with van der Waals surface area (Å²) in [5.74, 6) is 0.523. The van der Waals surface area contributed by atoms with Gasteiger partial charge in [0, 0.05) is 5.69 Å². The van der Waals surface area contributed by atoms with Crippen molar-refractivity contribution >= 4 is 5.82 Å². The molecule has 0 fully saturated rings. The maximum absolute atomic E-state index is 5.51. The second kappa shape index (κ2) is 3.14. The van der Waals surface area contributed by atoms with Gasteiger partial charge < -0.3 is 5.73 Å². The van der Waals surface area contributed by atoms with Crippen molar-refractivity contribution in [2.45, 2.75) is 13.8 Å². The van der Waals surface area contributed by atoms with Crippen LogP contribution in [0.5, 0.6) is 0 Å². The maximum Gasteiger partial charge on any atom is 0.123 e. The second-order valence-corrected chi connectivity index (χ2v) is 3.28. The highest BCUT2D eigenvalue weighted by molar-refractivity contribution is 5.37. The molecule has 0 unspecified atom stereocenters. The molecule has 0 aromatic carbocycles. The molecular formula is C10H12N4. The van der Waals surface area contributed by atoms with Crippen molar-refractivity contribution in [2.75, 3.05) is 5.73 Å². The van der Waals surface area contributed by atoms with Crippen LogP contribution in [0.2, 0.25) is 0 Å². The van der Waals surface area contributed by atoms with Crippen molar-refractivity contribution in [1.29, 1.82) is 0 Å². The van der Waals surface area contributed by atoms with Crippen LogP contribution < -0.4 is 5.73 Å². The summed E-state index contributed by atoms with van der Waals surface area (Å²) in [6, 6.07) is 5.70. The van der Waals surface area contributed by atoms with Crippen LogP contribution in [0.25, 0.3) is 5.69 Å². The third-order valence-electron chi connectivity index (χ3n) is 2.02. The Bertz CT molecular complexity index is 442. The molecule has 4 nitrogen and oxygen atoms in total. The van der Waals surface area contributed by atoms with Crippen LogP contribution in [0.4, 0.5) is 5.82 Å². The lowest BCUT2D eigenvalue weighted by Gasteiger charge is -2.03. The molecule has 14 heavy (non-hydrogen) atoms. The van der Waals surface area contributed by atoms with Crippen molar-refractivity contribution in [3.8, 4) is 5.69 Å². The number of aryl methyl sites for hydroxylation is 2. The van der Waals surface area contributed by atoms with Crippen LogP contribution in [-0.4, -0.2) is 14.8 Å². The van der Waals surface area contributed by atoms with E-state index in [4.69, 9.17) is 5.73 Å². The third kappa shape index (κ3) is 1.46. The lowest BCUT2D eigenvalue weighted by Crippen LogP contribution is -2.00. The van der Waals surface area contributed by atoms with E-state index < -0.39 is 0 Å². The zero-order valence-electron chi connectivity index (χ0n) is 8.23. The monoisotopic (exact) mass is 188 g/mol. The Morgan fingerprint density at radius 3 is 2.57 bits per heavy atom. The topological polar surface area (TPSA) is 56.7 Å². The highest BCUT2D eigenvalue weighted by Gasteiger charge is 2.02. The van der Waals surface area contributed by atoms with Crippen LogP contribution in [0.3, 0.4) is 0 Å². The summed E-state index contributed by atoms with van der Waals surface area (Å²) in [6.45, 7) is 3.98. The Morgan fingerprint density at radius 2 is 2.07 bits per heavy atom. The van der Waals surface area contributed by atoms with E-state index in [1.807, 2.05) is 30.7 Å². The normalized spacial score (nSPS) is 10.4. The lowest BCUT2D eigenvalue weighted by molar-refractivity contribution is 0.829. The van der Waals surface area contributed by atoms with E-state index >= 15 is 0 Å². The van der Waals surface area contributed by atoms with Gasteiger partial charge in [-0.15, -0.1) is 0 Å². The van der Waals surface area contributed by atoms with E-state index in [1.54, 1.807) is 12.3 Å². The van der Waals surface area contributed by atoms with E-state index in [9.17, 15) is 0 Å². The van der Waals surface area contributed by atoms with Gasteiger partial charge in [0.15, 0.2) is 0 Å². The fourth-order valence-corrected chi connectivity index (χ4v) is 1.41. The number of rotatable bonds is 1. The molecule has 0 spiro atoms. The van der Waals surface area contributed by atoms with Gasteiger partial charge in [-0.05, 0) is 32.0 Å². The number of anilines is 1. The average Bonchev–Trinajstić information content (AvgIpc) is 2.47. The molecule has 0 saturated carbocycles. The first-order valence-electron chi connectivity index (χ1n) is 4.42. The number of hydrogen-bond acceptors (Lipinski definition) is 3. The molecule has 0 aliphatic rings. The predicted octanol–water partition coefficient (Wildman–Crippen LogP) is 1.47. The Balaban J connectivity index is 2.49. The van der Waals surface area contributed by atoms with Crippen LogP contribution in [-0.2, 0) is 0 Å². The highest BCUT2D eigenvalue weighted by atomic mass is 15.3. The molecule has 2 aromatic heterocycles. The minimum Gasteiger partial charge on any atom is -0.384 e. The SMILES string of the molecule is Cc1cc(C)n(-c2ccc(N)nc2)n1. The highest BCUT2D eigenvalue weighted by Crippen LogP contribution is 2.11. The molecule has 0 bridgehead atoms. The van der Waals surface area contributed by atoms with Gasteiger partial charge in [-0.1, -0.05) is 0 Å². The number of nitrogen functional groups attached to an aromatic ring is 1. The molecule has 0 saturated heterocycles. The minimum atomic E-state index is 0.523. The third-order valence-corrected chi connectivity index (χ3v) is 2.02. The first kappa shape index (κ1) is 8.74. The van der Waals surface area contributed by atoms with Gasteiger partial charge in [0.05, 0.1) is 17.6 Å². The zero-order valence-corrected chi connectivity index (χ0v) is 8.23. The molecule has 2 heterocycles. The summed E-state index contributed by atoms with van der Waals surface area (Å²) in [5, 5.41) is 4.35. The van der Waals surface area contributed by atoms with Crippen molar-refractivity contribution < 1.29 is 0 Å². The molecule has 2 rings (SSSR count). The van der Waals surface area contributed by atoms with Gasteiger partial charge in [0.1, 0.15) is 5.82 Å². The van der Waals surface area contributed by atoms with Crippen LogP contribution in [0, 0.1) is 13.8 Å². The van der Waals surface area contributed by atoms with E-state index in [0.717, 1.165) is 17.1 Å². The van der Waals surface area contributed by atoms with E-state index in [1.165, 1.54) is 0 Å². The summed E-state index contributed by atoms with van der Waals surface area (Å²) < 4.78 is 1.85. The summed E-state index contributed by atoms with van der Waals surface area (Å²) in [6.07, 6.45) is 1.72. The zero-order chi connectivity index (χ0) is 10.1. The van der Waals surface area contributed by atoms with Crippen LogP contribution in [0.15, 0.2) is 24.4 Å². The van der Waals surface area contributed by atoms with Crippen molar-refractivity contribution in [1.82, 2.24) is 14.8 Å². The van der Waals surface area contributed by atoms with Gasteiger partial charge in [-0.3, -0.25) is 0 Å². The number of hydrogen-bond donors (Lipinski definition) is 1. The number of nitrogens with two attached hydrogens (primary N) is 1. The average molecular weight is 188 g/mol. The van der Waals surface area contributed by atoms with E-state index in [-0.39, 0.29) is 0 Å². The molecule has 0 aliphatic carbocycles. The predicted molar refractivity (Wildman–Crippen MR) is 55.2 cm³/mol. The lowest BCUT2D eigenvalue weighted by atomic mass is 10.3. The fraction of sp³-hybridized carbons (Fsp3) is 0.200. The molecule has 2 N–H and O–H groups in total. The standard InChI is InChI=1S/C10H12N4/c1-7-5-8(2)14(13-7)9-3-4-10(11)12-6-9/h3-6H,1-2H3,(H2,11,12).